The Bertz CT molecular complexity index is 353. The van der Waals surface area contributed by atoms with E-state index in [9.17, 15) is 8.42 Å². The Labute approximate surface area is 73.9 Å². The molecule has 1 aromatic rings. The Morgan fingerprint density at radius 1 is 1.25 bits per heavy atom. The van der Waals surface area contributed by atoms with E-state index in [1.165, 1.54) is 0 Å². The largest absolute Gasteiger partial charge is 0.224 e. The number of hydrogen-bond acceptors (Lipinski definition) is 2. The Morgan fingerprint density at radius 3 is 2.17 bits per heavy atom. The summed E-state index contributed by atoms with van der Waals surface area (Å²) in [5, 5.41) is 0. The highest BCUT2D eigenvalue weighted by Crippen LogP contribution is 2.10. The summed E-state index contributed by atoms with van der Waals surface area (Å²) in [4.78, 5) is 0.288. The van der Waals surface area contributed by atoms with E-state index in [0.717, 1.165) is 5.56 Å². The van der Waals surface area contributed by atoms with Gasteiger partial charge in [0.05, 0.1) is 12.7 Å². The number of rotatable bonds is 2. The van der Waals surface area contributed by atoms with E-state index in [1.54, 1.807) is 24.3 Å². The average Bonchev–Trinajstić information content (AvgIpc) is 2.05. The summed E-state index contributed by atoms with van der Waals surface area (Å²) in [6.45, 7) is 1.90. The molecule has 0 unspecified atom stereocenters. The van der Waals surface area contributed by atoms with Gasteiger partial charge in [0, 0.05) is 5.65 Å². The van der Waals surface area contributed by atoms with Crippen molar-refractivity contribution in [2.45, 2.75) is 11.8 Å². The SMILES string of the molecule is [B]CS(=O)(=O)c1ccc(C)cc1. The summed E-state index contributed by atoms with van der Waals surface area (Å²) in [7, 11) is 1.85. The minimum atomic E-state index is -3.24. The van der Waals surface area contributed by atoms with Crippen molar-refractivity contribution in [1.82, 2.24) is 0 Å². The first-order valence-corrected chi connectivity index (χ1v) is 5.21. The maximum atomic E-state index is 11.2. The third kappa shape index (κ3) is 1.88. The van der Waals surface area contributed by atoms with Crippen LogP contribution in [0, 0.1) is 6.92 Å². The van der Waals surface area contributed by atoms with Crippen molar-refractivity contribution in [3.05, 3.63) is 29.8 Å². The zero-order valence-corrected chi connectivity index (χ0v) is 7.64. The van der Waals surface area contributed by atoms with Gasteiger partial charge in [0.1, 0.15) is 0 Å². The molecule has 0 aliphatic carbocycles. The second-order valence-corrected chi connectivity index (χ2v) is 4.63. The zero-order valence-electron chi connectivity index (χ0n) is 6.82. The molecule has 0 saturated carbocycles. The molecule has 0 N–H and O–H groups in total. The van der Waals surface area contributed by atoms with Crippen molar-refractivity contribution in [3.8, 4) is 0 Å². The Balaban J connectivity index is 3.14. The van der Waals surface area contributed by atoms with E-state index >= 15 is 0 Å². The summed E-state index contributed by atoms with van der Waals surface area (Å²) in [5.74, 6) is 0. The summed E-state index contributed by atoms with van der Waals surface area (Å²) in [5.41, 5.74) is 0.696. The molecule has 0 aliphatic heterocycles. The van der Waals surface area contributed by atoms with Crippen molar-refractivity contribution in [3.63, 3.8) is 0 Å². The van der Waals surface area contributed by atoms with Gasteiger partial charge in [0.25, 0.3) is 0 Å². The van der Waals surface area contributed by atoms with E-state index in [1.807, 2.05) is 6.92 Å². The number of aryl methyl sites for hydroxylation is 1. The normalized spacial score (nSPS) is 11.4. The van der Waals surface area contributed by atoms with Crippen LogP contribution in [0.25, 0.3) is 0 Å². The molecule has 0 fully saturated rings. The molecule has 4 heteroatoms. The van der Waals surface area contributed by atoms with Crippen molar-refractivity contribution in [1.29, 1.82) is 0 Å². The minimum absolute atomic E-state index is 0.288. The summed E-state index contributed by atoms with van der Waals surface area (Å²) < 4.78 is 22.4. The predicted molar refractivity (Wildman–Crippen MR) is 49.0 cm³/mol. The van der Waals surface area contributed by atoms with Gasteiger partial charge < -0.3 is 0 Å². The molecule has 0 saturated heterocycles. The molecule has 0 heterocycles. The highest BCUT2D eigenvalue weighted by Gasteiger charge is 2.09. The predicted octanol–water partition coefficient (Wildman–Crippen LogP) is 0.895. The van der Waals surface area contributed by atoms with Gasteiger partial charge in [-0.15, -0.1) is 0 Å². The molecule has 0 amide bonds. The smallest absolute Gasteiger partial charge is 0.170 e. The van der Waals surface area contributed by atoms with Crippen LogP contribution in [0.3, 0.4) is 0 Å². The van der Waals surface area contributed by atoms with Crippen LogP contribution < -0.4 is 0 Å². The fraction of sp³-hybridized carbons (Fsp3) is 0.250. The monoisotopic (exact) mass is 180 g/mol. The third-order valence-electron chi connectivity index (χ3n) is 1.60. The highest BCUT2D eigenvalue weighted by molar-refractivity contribution is 7.92. The van der Waals surface area contributed by atoms with Gasteiger partial charge in [-0.1, -0.05) is 17.7 Å². The first-order chi connectivity index (χ1) is 5.56. The van der Waals surface area contributed by atoms with Gasteiger partial charge in [-0.25, -0.2) is 8.42 Å². The molecule has 12 heavy (non-hydrogen) atoms. The second kappa shape index (κ2) is 3.31. The number of hydrogen-bond donors (Lipinski definition) is 0. The van der Waals surface area contributed by atoms with Crippen LogP contribution in [-0.2, 0) is 9.84 Å². The van der Waals surface area contributed by atoms with Gasteiger partial charge in [0.15, 0.2) is 9.84 Å². The van der Waals surface area contributed by atoms with Crippen LogP contribution in [0.2, 0.25) is 0 Å². The van der Waals surface area contributed by atoms with Crippen molar-refractivity contribution in [2.75, 3.05) is 5.65 Å². The lowest BCUT2D eigenvalue weighted by molar-refractivity contribution is 0.600. The Kier molecular flexibility index (Phi) is 2.57. The van der Waals surface area contributed by atoms with Gasteiger partial charge in [0.2, 0.25) is 0 Å². The van der Waals surface area contributed by atoms with E-state index in [-0.39, 0.29) is 10.5 Å². The van der Waals surface area contributed by atoms with Gasteiger partial charge >= 0.3 is 0 Å². The van der Waals surface area contributed by atoms with E-state index < -0.39 is 9.84 Å². The zero-order chi connectivity index (χ0) is 9.19. The standard InChI is InChI=1S/C8H9BO2S/c1-7-2-4-8(5-3-7)12(10,11)6-9/h2-5H,6H2,1H3. The van der Waals surface area contributed by atoms with Crippen molar-refractivity contribution < 1.29 is 8.42 Å². The molecule has 0 spiro atoms. The van der Waals surface area contributed by atoms with E-state index in [4.69, 9.17) is 7.85 Å². The van der Waals surface area contributed by atoms with Crippen LogP contribution in [0.4, 0.5) is 0 Å². The van der Waals surface area contributed by atoms with Crippen LogP contribution in [0.15, 0.2) is 29.2 Å². The maximum Gasteiger partial charge on any atom is 0.170 e. The topological polar surface area (TPSA) is 34.1 Å². The quantitative estimate of drug-likeness (QED) is 0.633. The lowest BCUT2D eigenvalue weighted by Crippen LogP contribution is -2.05. The molecule has 1 aromatic carbocycles. The van der Waals surface area contributed by atoms with Crippen molar-refractivity contribution in [2.24, 2.45) is 0 Å². The lowest BCUT2D eigenvalue weighted by Gasteiger charge is -2.00. The number of benzene rings is 1. The van der Waals surface area contributed by atoms with Gasteiger partial charge in [-0.3, -0.25) is 0 Å². The van der Waals surface area contributed by atoms with E-state index in [2.05, 4.69) is 0 Å². The molecule has 0 bridgehead atoms. The minimum Gasteiger partial charge on any atom is -0.224 e. The van der Waals surface area contributed by atoms with Crippen LogP contribution in [0.1, 0.15) is 5.56 Å². The molecular formula is C8H9BO2S. The second-order valence-electron chi connectivity index (χ2n) is 2.59. The third-order valence-corrected chi connectivity index (χ3v) is 3.03. The van der Waals surface area contributed by atoms with Crippen LogP contribution in [-0.4, -0.2) is 21.9 Å². The summed E-state index contributed by atoms with van der Waals surface area (Å²) in [6, 6.07) is 6.64. The Morgan fingerprint density at radius 2 is 1.75 bits per heavy atom. The highest BCUT2D eigenvalue weighted by atomic mass is 32.2. The summed E-state index contributed by atoms with van der Waals surface area (Å²) >= 11 is 0. The number of sulfone groups is 1. The lowest BCUT2D eigenvalue weighted by atomic mass is 10.2. The summed E-state index contributed by atoms with van der Waals surface area (Å²) in [6.07, 6.45) is 0. The van der Waals surface area contributed by atoms with E-state index in [0.29, 0.717) is 0 Å². The fourth-order valence-corrected chi connectivity index (χ4v) is 1.59. The average molecular weight is 180 g/mol. The first-order valence-electron chi connectivity index (χ1n) is 3.56. The molecule has 2 radical (unpaired) electrons. The van der Waals surface area contributed by atoms with Crippen LogP contribution >= 0.6 is 0 Å². The fourth-order valence-electron chi connectivity index (χ4n) is 0.842. The molecule has 0 atom stereocenters. The van der Waals surface area contributed by atoms with Crippen molar-refractivity contribution >= 4 is 17.7 Å². The molecule has 1 rings (SSSR count). The molecule has 2 nitrogen and oxygen atoms in total. The van der Waals surface area contributed by atoms with Gasteiger partial charge in [-0.2, -0.15) is 0 Å². The Hall–Kier alpha value is -0.765. The first kappa shape index (κ1) is 9.32. The molecule has 0 aromatic heterocycles. The van der Waals surface area contributed by atoms with Gasteiger partial charge in [-0.05, 0) is 19.1 Å². The van der Waals surface area contributed by atoms with Crippen LogP contribution in [0.5, 0.6) is 0 Å². The maximum absolute atomic E-state index is 11.2. The molecular weight excluding hydrogens is 171 g/mol. The molecule has 62 valence electrons. The molecule has 0 aliphatic rings.